The second-order valence-corrected chi connectivity index (χ2v) is 6.49. The van der Waals surface area contributed by atoms with Crippen LogP contribution >= 0.6 is 22.7 Å². The molecular weight excluding hydrogens is 300 g/mol. The van der Waals surface area contributed by atoms with Gasteiger partial charge in [0.15, 0.2) is 4.80 Å². The van der Waals surface area contributed by atoms with Gasteiger partial charge in [0.2, 0.25) is 0 Å². The van der Waals surface area contributed by atoms with Crippen LogP contribution in [-0.2, 0) is 6.54 Å². The van der Waals surface area contributed by atoms with Crippen LogP contribution in [0, 0.1) is 6.92 Å². The summed E-state index contributed by atoms with van der Waals surface area (Å²) in [5.74, 6) is 0. The molecule has 0 aliphatic heterocycles. The topological polar surface area (TPSA) is 37.5 Å². The number of aliphatic hydroxyl groups is 1. The molecule has 108 valence electrons. The molecule has 0 unspecified atom stereocenters. The predicted octanol–water partition coefficient (Wildman–Crippen LogP) is 3.81. The molecule has 0 atom stereocenters. The molecule has 0 saturated heterocycles. The predicted molar refractivity (Wildman–Crippen MR) is 89.1 cm³/mol. The summed E-state index contributed by atoms with van der Waals surface area (Å²) < 4.78 is 2.08. The number of hydrogen-bond acceptors (Lipinski definition) is 4. The molecule has 21 heavy (non-hydrogen) atoms. The van der Waals surface area contributed by atoms with Gasteiger partial charge in [-0.05, 0) is 36.1 Å². The van der Waals surface area contributed by atoms with E-state index in [0.29, 0.717) is 6.54 Å². The number of aromatic nitrogens is 1. The third-order valence-corrected chi connectivity index (χ3v) is 4.88. The number of thiazole rings is 1. The minimum absolute atomic E-state index is 0.107. The van der Waals surface area contributed by atoms with Gasteiger partial charge in [-0.3, -0.25) is 0 Å². The molecule has 3 aromatic rings. The lowest BCUT2D eigenvalue weighted by Gasteiger charge is -2.05. The van der Waals surface area contributed by atoms with Crippen molar-refractivity contribution in [2.24, 2.45) is 4.99 Å². The van der Waals surface area contributed by atoms with Gasteiger partial charge < -0.3 is 9.67 Å². The first-order valence-electron chi connectivity index (χ1n) is 6.72. The molecule has 0 bridgehead atoms. The van der Waals surface area contributed by atoms with Gasteiger partial charge >= 0.3 is 0 Å². The zero-order valence-corrected chi connectivity index (χ0v) is 13.3. The normalized spacial score (nSPS) is 12.0. The van der Waals surface area contributed by atoms with E-state index in [1.54, 1.807) is 22.7 Å². The highest BCUT2D eigenvalue weighted by Crippen LogP contribution is 2.25. The van der Waals surface area contributed by atoms with Crippen LogP contribution in [0.15, 0.2) is 52.2 Å². The van der Waals surface area contributed by atoms with E-state index in [0.717, 1.165) is 16.2 Å². The molecule has 2 aromatic heterocycles. The number of benzene rings is 1. The number of rotatable bonds is 4. The standard InChI is InChI=1S/C16H16N2OS2/c1-12-4-2-5-13(10-12)17-16-18(7-8-19)14(11-21-16)15-6-3-9-20-15/h2-6,9-11,19H,7-8H2,1H3. The first-order valence-corrected chi connectivity index (χ1v) is 8.48. The lowest BCUT2D eigenvalue weighted by atomic mass is 10.2. The lowest BCUT2D eigenvalue weighted by Crippen LogP contribution is -2.17. The van der Waals surface area contributed by atoms with E-state index in [4.69, 9.17) is 4.99 Å². The first kappa shape index (κ1) is 14.3. The van der Waals surface area contributed by atoms with Crippen LogP contribution in [0.2, 0.25) is 0 Å². The maximum Gasteiger partial charge on any atom is 0.190 e. The van der Waals surface area contributed by atoms with Gasteiger partial charge in [-0.15, -0.1) is 22.7 Å². The molecule has 0 spiro atoms. The molecule has 5 heteroatoms. The Morgan fingerprint density at radius 3 is 2.81 bits per heavy atom. The lowest BCUT2D eigenvalue weighted by molar-refractivity contribution is 0.275. The zero-order valence-electron chi connectivity index (χ0n) is 11.7. The fraction of sp³-hybridized carbons (Fsp3) is 0.188. The molecule has 0 amide bonds. The first-order chi connectivity index (χ1) is 10.3. The molecule has 0 aliphatic carbocycles. The van der Waals surface area contributed by atoms with Crippen molar-refractivity contribution in [3.05, 3.63) is 57.5 Å². The molecule has 2 heterocycles. The molecule has 0 saturated carbocycles. The second kappa shape index (κ2) is 6.39. The van der Waals surface area contributed by atoms with Gasteiger partial charge in [0.05, 0.1) is 22.9 Å². The molecule has 1 N–H and O–H groups in total. The molecular formula is C16H16N2OS2. The van der Waals surface area contributed by atoms with Crippen LogP contribution in [0.3, 0.4) is 0 Å². The molecule has 0 fully saturated rings. The van der Waals surface area contributed by atoms with E-state index < -0.39 is 0 Å². The Morgan fingerprint density at radius 1 is 1.19 bits per heavy atom. The summed E-state index contributed by atoms with van der Waals surface area (Å²) in [5.41, 5.74) is 3.26. The van der Waals surface area contributed by atoms with E-state index >= 15 is 0 Å². The molecule has 3 nitrogen and oxygen atoms in total. The fourth-order valence-electron chi connectivity index (χ4n) is 2.16. The minimum atomic E-state index is 0.107. The highest BCUT2D eigenvalue weighted by atomic mass is 32.1. The van der Waals surface area contributed by atoms with Crippen molar-refractivity contribution in [2.75, 3.05) is 6.61 Å². The Labute approximate surface area is 131 Å². The minimum Gasteiger partial charge on any atom is -0.395 e. The van der Waals surface area contributed by atoms with Gasteiger partial charge in [0.1, 0.15) is 0 Å². The number of aliphatic hydroxyl groups excluding tert-OH is 1. The monoisotopic (exact) mass is 316 g/mol. The van der Waals surface area contributed by atoms with E-state index in [1.165, 1.54) is 10.4 Å². The van der Waals surface area contributed by atoms with Crippen molar-refractivity contribution in [1.82, 2.24) is 4.57 Å². The summed E-state index contributed by atoms with van der Waals surface area (Å²) in [7, 11) is 0. The maximum absolute atomic E-state index is 9.34. The average Bonchev–Trinajstić information content (AvgIpc) is 3.10. The van der Waals surface area contributed by atoms with Crippen molar-refractivity contribution >= 4 is 28.4 Å². The van der Waals surface area contributed by atoms with Gasteiger partial charge in [0.25, 0.3) is 0 Å². The number of nitrogens with zero attached hydrogens (tertiary/aromatic N) is 2. The summed E-state index contributed by atoms with van der Waals surface area (Å²) in [5, 5.41) is 13.5. The van der Waals surface area contributed by atoms with Crippen molar-refractivity contribution < 1.29 is 5.11 Å². The van der Waals surface area contributed by atoms with Gasteiger partial charge in [-0.25, -0.2) is 4.99 Å². The highest BCUT2D eigenvalue weighted by molar-refractivity contribution is 7.14. The van der Waals surface area contributed by atoms with Crippen LogP contribution in [0.25, 0.3) is 10.6 Å². The van der Waals surface area contributed by atoms with E-state index in [2.05, 4.69) is 40.5 Å². The fourth-order valence-corrected chi connectivity index (χ4v) is 3.94. The molecule has 1 aromatic carbocycles. The Kier molecular flexibility index (Phi) is 4.34. The van der Waals surface area contributed by atoms with Crippen LogP contribution in [0.4, 0.5) is 5.69 Å². The van der Waals surface area contributed by atoms with E-state index in [1.807, 2.05) is 18.2 Å². The van der Waals surface area contributed by atoms with Crippen LogP contribution in [0.1, 0.15) is 5.56 Å². The third kappa shape index (κ3) is 3.15. The van der Waals surface area contributed by atoms with Crippen molar-refractivity contribution in [1.29, 1.82) is 0 Å². The number of thiophene rings is 1. The third-order valence-electron chi connectivity index (χ3n) is 3.12. The quantitative estimate of drug-likeness (QED) is 0.781. The SMILES string of the molecule is Cc1cccc(N=c2scc(-c3cccs3)n2CCO)c1. The summed E-state index contributed by atoms with van der Waals surface area (Å²) >= 11 is 3.31. The Morgan fingerprint density at radius 2 is 2.10 bits per heavy atom. The maximum atomic E-state index is 9.34. The van der Waals surface area contributed by atoms with Crippen LogP contribution < -0.4 is 4.80 Å². The zero-order chi connectivity index (χ0) is 14.7. The summed E-state index contributed by atoms with van der Waals surface area (Å²) in [6.45, 7) is 2.73. The average molecular weight is 316 g/mol. The Balaban J connectivity index is 2.10. The largest absolute Gasteiger partial charge is 0.395 e. The van der Waals surface area contributed by atoms with Gasteiger partial charge in [-0.2, -0.15) is 0 Å². The summed E-state index contributed by atoms with van der Waals surface area (Å²) in [4.78, 5) is 6.84. The van der Waals surface area contributed by atoms with Gasteiger partial charge in [-0.1, -0.05) is 18.2 Å². The van der Waals surface area contributed by atoms with Crippen molar-refractivity contribution in [3.8, 4) is 10.6 Å². The van der Waals surface area contributed by atoms with Gasteiger partial charge in [0, 0.05) is 11.9 Å². The number of aryl methyl sites for hydroxylation is 1. The Hall–Kier alpha value is -1.69. The van der Waals surface area contributed by atoms with Crippen molar-refractivity contribution in [2.45, 2.75) is 13.5 Å². The second-order valence-electron chi connectivity index (χ2n) is 4.71. The van der Waals surface area contributed by atoms with E-state index in [9.17, 15) is 5.11 Å². The number of hydrogen-bond donors (Lipinski definition) is 1. The molecule has 0 aliphatic rings. The summed E-state index contributed by atoms with van der Waals surface area (Å²) in [6, 6.07) is 12.3. The van der Waals surface area contributed by atoms with E-state index in [-0.39, 0.29) is 6.61 Å². The van der Waals surface area contributed by atoms with Crippen molar-refractivity contribution in [3.63, 3.8) is 0 Å². The molecule has 3 rings (SSSR count). The highest BCUT2D eigenvalue weighted by Gasteiger charge is 2.08. The summed E-state index contributed by atoms with van der Waals surface area (Å²) in [6.07, 6.45) is 0. The smallest absolute Gasteiger partial charge is 0.190 e. The molecule has 0 radical (unpaired) electrons. The van der Waals surface area contributed by atoms with Crippen LogP contribution in [-0.4, -0.2) is 16.3 Å². The Bertz CT molecular complexity index is 785. The van der Waals surface area contributed by atoms with Crippen LogP contribution in [0.5, 0.6) is 0 Å².